The summed E-state index contributed by atoms with van der Waals surface area (Å²) < 4.78 is 0. The van der Waals surface area contributed by atoms with Crippen LogP contribution in [0.3, 0.4) is 0 Å². The third-order valence-corrected chi connectivity index (χ3v) is 2.82. The molecule has 0 bridgehead atoms. The van der Waals surface area contributed by atoms with Gasteiger partial charge < -0.3 is 10.7 Å². The topological polar surface area (TPSA) is 67.2 Å². The van der Waals surface area contributed by atoms with Crippen molar-refractivity contribution >= 4 is 23.2 Å². The van der Waals surface area contributed by atoms with Crippen molar-refractivity contribution in [3.8, 4) is 0 Å². The average Bonchev–Trinajstić information content (AvgIpc) is 2.27. The molecule has 100 valence electrons. The Kier molecular flexibility index (Phi) is 5.44. The fourth-order valence-corrected chi connectivity index (χ4v) is 2.07. The first-order valence-electron chi connectivity index (χ1n) is 6.01. The Bertz CT molecular complexity index is 421. The largest absolute Gasteiger partial charge is 0.350 e. The highest BCUT2D eigenvalue weighted by Gasteiger charge is 2.14. The first-order valence-corrected chi connectivity index (χ1v) is 6.39. The van der Waals surface area contributed by atoms with Crippen LogP contribution in [0.5, 0.6) is 0 Å². The Labute approximate surface area is 113 Å². The van der Waals surface area contributed by atoms with Crippen LogP contribution in [0, 0.1) is 5.92 Å². The summed E-state index contributed by atoms with van der Waals surface area (Å²) in [7, 11) is 0. The van der Waals surface area contributed by atoms with Gasteiger partial charge in [-0.05, 0) is 37.5 Å². The Morgan fingerprint density at radius 3 is 2.61 bits per heavy atom. The number of hydrazine groups is 1. The summed E-state index contributed by atoms with van der Waals surface area (Å²) in [5, 5.41) is 3.45. The third kappa shape index (κ3) is 4.20. The first-order chi connectivity index (χ1) is 8.43. The second-order valence-electron chi connectivity index (χ2n) is 4.84. The molecule has 1 amide bonds. The van der Waals surface area contributed by atoms with Crippen LogP contribution in [0.1, 0.15) is 37.6 Å². The molecule has 0 aliphatic carbocycles. The summed E-state index contributed by atoms with van der Waals surface area (Å²) in [4.78, 5) is 12.1. The van der Waals surface area contributed by atoms with Crippen molar-refractivity contribution in [3.05, 3.63) is 28.8 Å². The molecule has 1 aromatic carbocycles. The van der Waals surface area contributed by atoms with Crippen molar-refractivity contribution in [2.24, 2.45) is 11.8 Å². The van der Waals surface area contributed by atoms with E-state index in [2.05, 4.69) is 24.6 Å². The molecule has 4 nitrogen and oxygen atoms in total. The first kappa shape index (κ1) is 14.8. The number of carbonyl (C=O) groups excluding carboxylic acids is 1. The SMILES string of the molecule is CC(C)CC(C)NC(=O)c1cc(Cl)ccc1NN. The van der Waals surface area contributed by atoms with E-state index in [0.717, 1.165) is 6.42 Å². The monoisotopic (exact) mass is 269 g/mol. The van der Waals surface area contributed by atoms with E-state index < -0.39 is 0 Å². The van der Waals surface area contributed by atoms with E-state index in [1.54, 1.807) is 18.2 Å². The van der Waals surface area contributed by atoms with Gasteiger partial charge in [-0.1, -0.05) is 25.4 Å². The number of halogens is 1. The molecule has 0 saturated carbocycles. The van der Waals surface area contributed by atoms with Crippen molar-refractivity contribution in [1.29, 1.82) is 0 Å². The second kappa shape index (κ2) is 6.61. The highest BCUT2D eigenvalue weighted by molar-refractivity contribution is 6.31. The maximum atomic E-state index is 12.1. The predicted octanol–water partition coefficient (Wildman–Crippen LogP) is 2.79. The zero-order valence-electron chi connectivity index (χ0n) is 11.0. The van der Waals surface area contributed by atoms with Crippen LogP contribution in [0.15, 0.2) is 18.2 Å². The van der Waals surface area contributed by atoms with Crippen LogP contribution in [0.25, 0.3) is 0 Å². The maximum absolute atomic E-state index is 12.1. The minimum atomic E-state index is -0.168. The van der Waals surface area contributed by atoms with Gasteiger partial charge in [-0.25, -0.2) is 0 Å². The van der Waals surface area contributed by atoms with Gasteiger partial charge >= 0.3 is 0 Å². The van der Waals surface area contributed by atoms with Crippen LogP contribution in [0.4, 0.5) is 5.69 Å². The van der Waals surface area contributed by atoms with Crippen LogP contribution < -0.4 is 16.6 Å². The number of hydrogen-bond acceptors (Lipinski definition) is 3. The molecule has 0 heterocycles. The molecular formula is C13H20ClN3O. The van der Waals surface area contributed by atoms with E-state index in [4.69, 9.17) is 17.4 Å². The molecule has 1 atom stereocenters. The zero-order chi connectivity index (χ0) is 13.7. The van der Waals surface area contributed by atoms with Gasteiger partial charge in [0.25, 0.3) is 5.91 Å². The zero-order valence-corrected chi connectivity index (χ0v) is 11.7. The van der Waals surface area contributed by atoms with Crippen molar-refractivity contribution in [1.82, 2.24) is 5.32 Å². The number of nitrogens with one attached hydrogen (secondary N) is 2. The number of carbonyl (C=O) groups is 1. The lowest BCUT2D eigenvalue weighted by molar-refractivity contribution is 0.0937. The highest BCUT2D eigenvalue weighted by atomic mass is 35.5. The highest BCUT2D eigenvalue weighted by Crippen LogP contribution is 2.20. The normalized spacial score (nSPS) is 12.3. The molecule has 0 aromatic heterocycles. The standard InChI is InChI=1S/C13H20ClN3O/c1-8(2)6-9(3)16-13(18)11-7-10(14)4-5-12(11)17-15/h4-5,7-9,17H,6,15H2,1-3H3,(H,16,18). The number of benzene rings is 1. The molecule has 4 N–H and O–H groups in total. The van der Waals surface area contributed by atoms with Gasteiger partial charge in [-0.15, -0.1) is 0 Å². The van der Waals surface area contributed by atoms with E-state index in [9.17, 15) is 4.79 Å². The summed E-state index contributed by atoms with van der Waals surface area (Å²) in [5.41, 5.74) is 3.52. The molecule has 1 unspecified atom stereocenters. The van der Waals surface area contributed by atoms with E-state index in [1.807, 2.05) is 6.92 Å². The van der Waals surface area contributed by atoms with Gasteiger partial charge in [0, 0.05) is 11.1 Å². The molecule has 0 aliphatic heterocycles. The van der Waals surface area contributed by atoms with E-state index in [-0.39, 0.29) is 11.9 Å². The molecule has 18 heavy (non-hydrogen) atoms. The molecule has 0 spiro atoms. The Hall–Kier alpha value is -1.26. The molecule has 0 saturated heterocycles. The molecule has 0 aliphatic rings. The molecule has 0 radical (unpaired) electrons. The van der Waals surface area contributed by atoms with Gasteiger partial charge in [-0.2, -0.15) is 0 Å². The number of amides is 1. The van der Waals surface area contributed by atoms with Crippen LogP contribution >= 0.6 is 11.6 Å². The fraction of sp³-hybridized carbons (Fsp3) is 0.462. The van der Waals surface area contributed by atoms with Crippen molar-refractivity contribution < 1.29 is 4.79 Å². The Morgan fingerprint density at radius 2 is 2.06 bits per heavy atom. The van der Waals surface area contributed by atoms with Crippen molar-refractivity contribution in [2.75, 3.05) is 5.43 Å². The summed E-state index contributed by atoms with van der Waals surface area (Å²) in [6.07, 6.45) is 0.928. The van der Waals surface area contributed by atoms with Gasteiger partial charge in [0.05, 0.1) is 11.3 Å². The molecule has 0 fully saturated rings. The summed E-state index contributed by atoms with van der Waals surface area (Å²) in [5.74, 6) is 5.74. The molecule has 5 heteroatoms. The lowest BCUT2D eigenvalue weighted by Gasteiger charge is -2.17. The summed E-state index contributed by atoms with van der Waals surface area (Å²) in [6.45, 7) is 6.22. The van der Waals surface area contributed by atoms with Gasteiger partial charge in [-0.3, -0.25) is 10.6 Å². The molecule has 1 aromatic rings. The summed E-state index contributed by atoms with van der Waals surface area (Å²) >= 11 is 5.89. The van der Waals surface area contributed by atoms with Crippen molar-refractivity contribution in [2.45, 2.75) is 33.2 Å². The van der Waals surface area contributed by atoms with Crippen LogP contribution in [-0.2, 0) is 0 Å². The Morgan fingerprint density at radius 1 is 1.39 bits per heavy atom. The number of anilines is 1. The second-order valence-corrected chi connectivity index (χ2v) is 5.27. The van der Waals surface area contributed by atoms with E-state index in [0.29, 0.717) is 22.2 Å². The van der Waals surface area contributed by atoms with Gasteiger partial charge in [0.15, 0.2) is 0 Å². The smallest absolute Gasteiger partial charge is 0.253 e. The van der Waals surface area contributed by atoms with Crippen LogP contribution in [-0.4, -0.2) is 11.9 Å². The third-order valence-electron chi connectivity index (χ3n) is 2.58. The minimum Gasteiger partial charge on any atom is -0.350 e. The number of nitrogen functional groups attached to an aromatic ring is 1. The van der Waals surface area contributed by atoms with E-state index in [1.165, 1.54) is 0 Å². The number of hydrogen-bond donors (Lipinski definition) is 3. The fourth-order valence-electron chi connectivity index (χ4n) is 1.90. The van der Waals surface area contributed by atoms with Gasteiger partial charge in [0.2, 0.25) is 0 Å². The minimum absolute atomic E-state index is 0.113. The predicted molar refractivity (Wildman–Crippen MR) is 75.6 cm³/mol. The lowest BCUT2D eigenvalue weighted by Crippen LogP contribution is -2.34. The number of nitrogens with two attached hydrogens (primary N) is 1. The summed E-state index contributed by atoms with van der Waals surface area (Å²) in [6, 6.07) is 5.09. The maximum Gasteiger partial charge on any atom is 0.253 e. The molecular weight excluding hydrogens is 250 g/mol. The Balaban J connectivity index is 2.80. The number of rotatable bonds is 5. The van der Waals surface area contributed by atoms with Crippen molar-refractivity contribution in [3.63, 3.8) is 0 Å². The quantitative estimate of drug-likeness (QED) is 0.569. The van der Waals surface area contributed by atoms with Crippen LogP contribution in [0.2, 0.25) is 5.02 Å². The lowest BCUT2D eigenvalue weighted by atomic mass is 10.0. The van der Waals surface area contributed by atoms with Gasteiger partial charge in [0.1, 0.15) is 0 Å². The molecule has 1 rings (SSSR count). The van der Waals surface area contributed by atoms with E-state index >= 15 is 0 Å². The average molecular weight is 270 g/mol.